The van der Waals surface area contributed by atoms with Gasteiger partial charge in [0.2, 0.25) is 0 Å². The first-order valence-corrected chi connectivity index (χ1v) is 9.27. The summed E-state index contributed by atoms with van der Waals surface area (Å²) < 4.78 is 0. The maximum Gasteiger partial charge on any atom is 0.108 e. The summed E-state index contributed by atoms with van der Waals surface area (Å²) in [6, 6.07) is 23.2. The summed E-state index contributed by atoms with van der Waals surface area (Å²) in [6.45, 7) is 8.66. The van der Waals surface area contributed by atoms with Gasteiger partial charge in [-0.15, -0.1) is 0 Å². The Bertz CT molecular complexity index is 1040. The molecule has 0 saturated heterocycles. The third-order valence-electron chi connectivity index (χ3n) is 5.41. The maximum absolute atomic E-state index is 9.21. The molecule has 0 spiro atoms. The zero-order chi connectivity index (χ0) is 19.1. The lowest BCUT2D eigenvalue weighted by Crippen LogP contribution is -2.36. The molecular formula is C24H23N3. The van der Waals surface area contributed by atoms with Crippen LogP contribution in [0.3, 0.4) is 0 Å². The third kappa shape index (κ3) is 2.65. The van der Waals surface area contributed by atoms with E-state index >= 15 is 0 Å². The molecule has 0 radical (unpaired) electrons. The van der Waals surface area contributed by atoms with Crippen molar-refractivity contribution in [2.45, 2.75) is 33.9 Å². The van der Waals surface area contributed by atoms with Crippen LogP contribution in [0.1, 0.15) is 29.2 Å². The number of rotatable bonds is 2. The molecule has 27 heavy (non-hydrogen) atoms. The molecule has 0 saturated carbocycles. The fraction of sp³-hybridized carbons (Fsp3) is 0.208. The van der Waals surface area contributed by atoms with Gasteiger partial charge in [0, 0.05) is 11.4 Å². The van der Waals surface area contributed by atoms with Crippen LogP contribution < -0.4 is 9.80 Å². The van der Waals surface area contributed by atoms with Crippen molar-refractivity contribution in [2.24, 2.45) is 0 Å². The number of anilines is 4. The van der Waals surface area contributed by atoms with Crippen LogP contribution in [0, 0.1) is 32.1 Å². The van der Waals surface area contributed by atoms with E-state index in [2.05, 4.69) is 92.1 Å². The predicted molar refractivity (Wildman–Crippen MR) is 112 cm³/mol. The van der Waals surface area contributed by atoms with Crippen molar-refractivity contribution < 1.29 is 0 Å². The molecule has 3 aromatic rings. The second-order valence-electron chi connectivity index (χ2n) is 7.21. The minimum atomic E-state index is 0.133. The SMILES string of the molecule is Cc1cc(C#N)ccc1N1c2ccccc2N(c2c(C)cccc2C)C1C. The molecule has 4 rings (SSSR count). The molecule has 0 aromatic heterocycles. The number of nitriles is 1. The average Bonchev–Trinajstić information content (AvgIpc) is 2.94. The van der Waals surface area contributed by atoms with Gasteiger partial charge < -0.3 is 9.80 Å². The molecule has 0 bridgehead atoms. The minimum Gasteiger partial charge on any atom is -0.318 e. The maximum atomic E-state index is 9.21. The van der Waals surface area contributed by atoms with Crippen molar-refractivity contribution >= 4 is 22.7 Å². The topological polar surface area (TPSA) is 30.3 Å². The van der Waals surface area contributed by atoms with Gasteiger partial charge in [-0.1, -0.05) is 30.3 Å². The van der Waals surface area contributed by atoms with Crippen LogP contribution in [0.2, 0.25) is 0 Å². The van der Waals surface area contributed by atoms with E-state index in [0.717, 1.165) is 11.3 Å². The summed E-state index contributed by atoms with van der Waals surface area (Å²) in [4.78, 5) is 4.80. The molecule has 1 unspecified atom stereocenters. The van der Waals surface area contributed by atoms with Gasteiger partial charge >= 0.3 is 0 Å². The lowest BCUT2D eigenvalue weighted by molar-refractivity contribution is 0.756. The zero-order valence-electron chi connectivity index (χ0n) is 16.2. The van der Waals surface area contributed by atoms with E-state index in [9.17, 15) is 5.26 Å². The molecule has 1 atom stereocenters. The van der Waals surface area contributed by atoms with Gasteiger partial charge in [0.15, 0.2) is 0 Å². The normalized spacial score (nSPS) is 15.6. The first kappa shape index (κ1) is 17.2. The highest BCUT2D eigenvalue weighted by Crippen LogP contribution is 2.49. The van der Waals surface area contributed by atoms with Gasteiger partial charge in [-0.05, 0) is 74.7 Å². The number of benzene rings is 3. The van der Waals surface area contributed by atoms with Crippen molar-refractivity contribution in [3.63, 3.8) is 0 Å². The quantitative estimate of drug-likeness (QED) is 0.556. The Labute approximate surface area is 161 Å². The highest BCUT2D eigenvalue weighted by atomic mass is 15.4. The van der Waals surface area contributed by atoms with Crippen LogP contribution in [0.15, 0.2) is 60.7 Å². The van der Waals surface area contributed by atoms with Crippen molar-refractivity contribution in [2.75, 3.05) is 9.80 Å². The molecule has 1 heterocycles. The lowest BCUT2D eigenvalue weighted by atomic mass is 10.1. The van der Waals surface area contributed by atoms with Gasteiger partial charge in [-0.25, -0.2) is 0 Å². The van der Waals surface area contributed by atoms with E-state index in [4.69, 9.17) is 0 Å². The van der Waals surface area contributed by atoms with Crippen LogP contribution in [0.4, 0.5) is 22.7 Å². The van der Waals surface area contributed by atoms with Crippen LogP contribution in [0.5, 0.6) is 0 Å². The van der Waals surface area contributed by atoms with Gasteiger partial charge in [-0.3, -0.25) is 0 Å². The molecule has 0 N–H and O–H groups in total. The van der Waals surface area contributed by atoms with Gasteiger partial charge in [0.1, 0.15) is 6.17 Å². The van der Waals surface area contributed by atoms with Crippen LogP contribution >= 0.6 is 0 Å². The standard InChI is InChI=1S/C24H23N3/c1-16-8-7-9-17(2)24(16)27-19(4)26(22-10-5-6-11-23(22)27)21-13-12-20(15-25)14-18(21)3/h5-14,19H,1-4H3. The smallest absolute Gasteiger partial charge is 0.108 e. The fourth-order valence-corrected chi connectivity index (χ4v) is 4.21. The van der Waals surface area contributed by atoms with E-state index < -0.39 is 0 Å². The summed E-state index contributed by atoms with van der Waals surface area (Å²) in [7, 11) is 0. The second-order valence-corrected chi connectivity index (χ2v) is 7.21. The summed E-state index contributed by atoms with van der Waals surface area (Å²) in [5.74, 6) is 0. The van der Waals surface area contributed by atoms with E-state index in [1.54, 1.807) is 0 Å². The first-order valence-electron chi connectivity index (χ1n) is 9.27. The molecule has 134 valence electrons. The Balaban J connectivity index is 1.91. The molecule has 3 aromatic carbocycles. The predicted octanol–water partition coefficient (Wildman–Crippen LogP) is 6.12. The van der Waals surface area contributed by atoms with Crippen LogP contribution in [-0.2, 0) is 0 Å². The van der Waals surface area contributed by atoms with Crippen molar-refractivity contribution in [1.29, 1.82) is 5.26 Å². The summed E-state index contributed by atoms with van der Waals surface area (Å²) >= 11 is 0. The molecule has 0 amide bonds. The molecule has 1 aliphatic rings. The molecule has 3 heteroatoms. The van der Waals surface area contributed by atoms with E-state index in [0.29, 0.717) is 5.56 Å². The highest BCUT2D eigenvalue weighted by Gasteiger charge is 2.36. The monoisotopic (exact) mass is 353 g/mol. The molecule has 1 aliphatic heterocycles. The van der Waals surface area contributed by atoms with E-state index in [1.165, 1.54) is 28.2 Å². The van der Waals surface area contributed by atoms with Gasteiger partial charge in [0.25, 0.3) is 0 Å². The van der Waals surface area contributed by atoms with Crippen LogP contribution in [-0.4, -0.2) is 6.17 Å². The van der Waals surface area contributed by atoms with Gasteiger partial charge in [-0.2, -0.15) is 5.26 Å². The third-order valence-corrected chi connectivity index (χ3v) is 5.41. The first-order chi connectivity index (χ1) is 13.0. The molecule has 0 aliphatic carbocycles. The summed E-state index contributed by atoms with van der Waals surface area (Å²) in [5, 5.41) is 9.21. The fourth-order valence-electron chi connectivity index (χ4n) is 4.21. The summed E-state index contributed by atoms with van der Waals surface area (Å²) in [6.07, 6.45) is 0.133. The number of hydrogen-bond acceptors (Lipinski definition) is 3. The number of fused-ring (bicyclic) bond motifs is 1. The lowest BCUT2D eigenvalue weighted by Gasteiger charge is -2.33. The largest absolute Gasteiger partial charge is 0.318 e. The minimum absolute atomic E-state index is 0.133. The van der Waals surface area contributed by atoms with Crippen molar-refractivity contribution in [3.8, 4) is 6.07 Å². The summed E-state index contributed by atoms with van der Waals surface area (Å²) in [5.41, 5.74) is 9.17. The highest BCUT2D eigenvalue weighted by molar-refractivity contribution is 5.90. The van der Waals surface area contributed by atoms with Crippen molar-refractivity contribution in [3.05, 3.63) is 82.9 Å². The van der Waals surface area contributed by atoms with Crippen LogP contribution in [0.25, 0.3) is 0 Å². The number of hydrogen-bond donors (Lipinski definition) is 0. The Morgan fingerprint density at radius 3 is 1.96 bits per heavy atom. The molecule has 3 nitrogen and oxygen atoms in total. The number of para-hydroxylation sites is 3. The Morgan fingerprint density at radius 1 is 0.741 bits per heavy atom. The zero-order valence-corrected chi connectivity index (χ0v) is 16.2. The second kappa shape index (κ2) is 6.48. The Hall–Kier alpha value is -3.25. The number of aryl methyl sites for hydroxylation is 3. The molecule has 0 fully saturated rings. The Kier molecular flexibility index (Phi) is 4.12. The average molecular weight is 353 g/mol. The number of nitrogens with zero attached hydrogens (tertiary/aromatic N) is 3. The Morgan fingerprint density at radius 2 is 1.37 bits per heavy atom. The van der Waals surface area contributed by atoms with Crippen molar-refractivity contribution in [1.82, 2.24) is 0 Å². The van der Waals surface area contributed by atoms with E-state index in [-0.39, 0.29) is 6.17 Å². The van der Waals surface area contributed by atoms with Gasteiger partial charge in [0.05, 0.1) is 23.0 Å². The van der Waals surface area contributed by atoms with E-state index in [1.807, 2.05) is 12.1 Å². The molecular weight excluding hydrogens is 330 g/mol.